The summed E-state index contributed by atoms with van der Waals surface area (Å²) in [4.78, 5) is 0. The highest BCUT2D eigenvalue weighted by Crippen LogP contribution is 2.15. The van der Waals surface area contributed by atoms with Crippen molar-refractivity contribution in [2.75, 3.05) is 19.4 Å². The van der Waals surface area contributed by atoms with E-state index in [1.54, 1.807) is 0 Å². The van der Waals surface area contributed by atoms with Gasteiger partial charge in [-0.2, -0.15) is 0 Å². The van der Waals surface area contributed by atoms with Gasteiger partial charge in [0.2, 0.25) is 0 Å². The van der Waals surface area contributed by atoms with Crippen molar-refractivity contribution in [3.63, 3.8) is 0 Å². The summed E-state index contributed by atoms with van der Waals surface area (Å²) in [6.45, 7) is 7.29. The Hall–Kier alpha value is 0.237. The molecule has 0 aromatic rings. The lowest BCUT2D eigenvalue weighted by Crippen LogP contribution is -2.39. The zero-order chi connectivity index (χ0) is 9.45. The minimum absolute atomic E-state index is 0.185. The normalized spacial score (nSPS) is 12.2. The number of hydrogen-bond acceptors (Lipinski definition) is 3. The summed E-state index contributed by atoms with van der Waals surface area (Å²) in [6.07, 6.45) is 0.642. The van der Waals surface area contributed by atoms with Crippen LogP contribution in [-0.4, -0.2) is 27.9 Å². The SMILES string of the molecule is CCO[Si](C)(CCP=O)OCC. The van der Waals surface area contributed by atoms with Gasteiger partial charge in [-0.1, -0.05) is 0 Å². The largest absolute Gasteiger partial charge is 0.395 e. The third-order valence-corrected chi connectivity index (χ3v) is 5.34. The molecule has 0 atom stereocenters. The fourth-order valence-electron chi connectivity index (χ4n) is 1.05. The molecule has 0 radical (unpaired) electrons. The first-order valence-electron chi connectivity index (χ1n) is 4.25. The predicted molar refractivity (Wildman–Crippen MR) is 52.2 cm³/mol. The molecule has 5 heteroatoms. The zero-order valence-corrected chi connectivity index (χ0v) is 9.89. The van der Waals surface area contributed by atoms with Crippen molar-refractivity contribution < 1.29 is 13.4 Å². The van der Waals surface area contributed by atoms with E-state index in [1.807, 2.05) is 20.4 Å². The van der Waals surface area contributed by atoms with Crippen molar-refractivity contribution in [1.29, 1.82) is 0 Å². The van der Waals surface area contributed by atoms with Crippen LogP contribution in [0.1, 0.15) is 13.8 Å². The zero-order valence-electron chi connectivity index (χ0n) is 8.00. The van der Waals surface area contributed by atoms with Gasteiger partial charge in [-0.3, -0.25) is 4.57 Å². The van der Waals surface area contributed by atoms with Crippen LogP contribution in [0.3, 0.4) is 0 Å². The van der Waals surface area contributed by atoms with Crippen LogP contribution >= 0.6 is 8.46 Å². The van der Waals surface area contributed by atoms with E-state index in [4.69, 9.17) is 8.85 Å². The van der Waals surface area contributed by atoms with Gasteiger partial charge in [0.05, 0.1) is 0 Å². The van der Waals surface area contributed by atoms with E-state index < -0.39 is 8.56 Å². The molecule has 72 valence electrons. The van der Waals surface area contributed by atoms with Crippen molar-refractivity contribution in [3.8, 4) is 0 Å². The summed E-state index contributed by atoms with van der Waals surface area (Å²) in [5.74, 6) is 0. The molecule has 0 spiro atoms. The molecule has 0 unspecified atom stereocenters. The molecule has 0 saturated heterocycles. The lowest BCUT2D eigenvalue weighted by Gasteiger charge is -2.24. The predicted octanol–water partition coefficient (Wildman–Crippen LogP) is 2.42. The molecule has 3 nitrogen and oxygen atoms in total. The van der Waals surface area contributed by atoms with Gasteiger partial charge < -0.3 is 8.85 Å². The van der Waals surface area contributed by atoms with Gasteiger partial charge in [0.1, 0.15) is 0 Å². The lowest BCUT2D eigenvalue weighted by molar-refractivity contribution is 0.190. The molecule has 12 heavy (non-hydrogen) atoms. The fourth-order valence-corrected chi connectivity index (χ4v) is 4.63. The van der Waals surface area contributed by atoms with Crippen LogP contribution in [0.25, 0.3) is 0 Å². The van der Waals surface area contributed by atoms with Crippen LogP contribution in [0, 0.1) is 0 Å². The quantitative estimate of drug-likeness (QED) is 0.476. The Bertz CT molecular complexity index is 126. The van der Waals surface area contributed by atoms with Gasteiger partial charge in [0.25, 0.3) is 0 Å². The first-order valence-corrected chi connectivity index (χ1v) is 7.77. The molecule has 0 aromatic heterocycles. The topological polar surface area (TPSA) is 35.5 Å². The minimum atomic E-state index is -1.98. The van der Waals surface area contributed by atoms with Crippen molar-refractivity contribution in [2.45, 2.75) is 26.4 Å². The van der Waals surface area contributed by atoms with Crippen LogP contribution < -0.4 is 0 Å². The van der Waals surface area contributed by atoms with Crippen LogP contribution in [0.2, 0.25) is 12.6 Å². The third-order valence-electron chi connectivity index (χ3n) is 1.56. The molecule has 0 fully saturated rings. The maximum Gasteiger partial charge on any atom is 0.335 e. The van der Waals surface area contributed by atoms with Gasteiger partial charge in [-0.25, -0.2) is 0 Å². The minimum Gasteiger partial charge on any atom is -0.395 e. The second-order valence-corrected chi connectivity index (χ2v) is 6.65. The van der Waals surface area contributed by atoms with E-state index in [0.29, 0.717) is 19.4 Å². The second-order valence-electron chi connectivity index (χ2n) is 2.60. The lowest BCUT2D eigenvalue weighted by atomic mass is 10.9. The van der Waals surface area contributed by atoms with Gasteiger partial charge in [-0.05, 0) is 20.4 Å². The number of hydrogen-bond donors (Lipinski definition) is 0. The molecule has 0 bridgehead atoms. The van der Waals surface area contributed by atoms with Crippen LogP contribution in [0.4, 0.5) is 0 Å². The summed E-state index contributed by atoms with van der Waals surface area (Å²) in [5, 5.41) is 0. The Labute approximate surface area is 76.9 Å². The van der Waals surface area contributed by atoms with Gasteiger partial charge >= 0.3 is 8.56 Å². The van der Waals surface area contributed by atoms with E-state index in [9.17, 15) is 4.57 Å². The highest BCUT2D eigenvalue weighted by molar-refractivity contribution is 7.24. The van der Waals surface area contributed by atoms with Crippen molar-refractivity contribution in [2.24, 2.45) is 0 Å². The van der Waals surface area contributed by atoms with Crippen molar-refractivity contribution in [3.05, 3.63) is 0 Å². The molecule has 0 aliphatic heterocycles. The van der Waals surface area contributed by atoms with E-state index in [1.165, 1.54) is 0 Å². The molecular formula is C7H17O3PSi. The Morgan fingerprint density at radius 1 is 1.25 bits per heavy atom. The van der Waals surface area contributed by atoms with Crippen molar-refractivity contribution >= 4 is 17.0 Å². The first-order chi connectivity index (χ1) is 5.68. The molecule has 0 aliphatic rings. The third kappa shape index (κ3) is 4.98. The average Bonchev–Trinajstić information content (AvgIpc) is 2.02. The molecule has 0 saturated carbocycles. The molecule has 0 aliphatic carbocycles. The molecule has 0 aromatic carbocycles. The number of rotatable bonds is 7. The van der Waals surface area contributed by atoms with Gasteiger partial charge in [0, 0.05) is 25.4 Å². The van der Waals surface area contributed by atoms with Crippen LogP contribution in [0.5, 0.6) is 0 Å². The highest BCUT2D eigenvalue weighted by Gasteiger charge is 2.29. The molecular weight excluding hydrogens is 191 g/mol. The van der Waals surface area contributed by atoms with Crippen molar-refractivity contribution in [1.82, 2.24) is 0 Å². The van der Waals surface area contributed by atoms with Crippen LogP contribution in [-0.2, 0) is 13.4 Å². The van der Waals surface area contributed by atoms with E-state index in [0.717, 1.165) is 6.04 Å². The maximum atomic E-state index is 10.3. The summed E-state index contributed by atoms with van der Waals surface area (Å²) in [6, 6.07) is 0.805. The molecule has 0 rings (SSSR count). The summed E-state index contributed by atoms with van der Waals surface area (Å²) < 4.78 is 21.4. The monoisotopic (exact) mass is 208 g/mol. The molecule has 0 heterocycles. The van der Waals surface area contributed by atoms with Crippen LogP contribution in [0.15, 0.2) is 0 Å². The summed E-state index contributed by atoms with van der Waals surface area (Å²) in [7, 11) is -1.79. The average molecular weight is 208 g/mol. The fraction of sp³-hybridized carbons (Fsp3) is 1.00. The second kappa shape index (κ2) is 6.72. The Balaban J connectivity index is 3.88. The van der Waals surface area contributed by atoms with Gasteiger partial charge in [-0.15, -0.1) is 0 Å². The Morgan fingerprint density at radius 2 is 1.75 bits per heavy atom. The Morgan fingerprint density at radius 3 is 2.08 bits per heavy atom. The summed E-state index contributed by atoms with van der Waals surface area (Å²) in [5.41, 5.74) is 0. The smallest absolute Gasteiger partial charge is 0.335 e. The summed E-state index contributed by atoms with van der Waals surface area (Å²) >= 11 is 0. The van der Waals surface area contributed by atoms with Gasteiger partial charge in [0.15, 0.2) is 8.46 Å². The van der Waals surface area contributed by atoms with E-state index in [-0.39, 0.29) is 8.46 Å². The first kappa shape index (κ1) is 12.2. The highest BCUT2D eigenvalue weighted by atomic mass is 31.1. The Kier molecular flexibility index (Phi) is 6.85. The van der Waals surface area contributed by atoms with E-state index in [2.05, 4.69) is 0 Å². The van der Waals surface area contributed by atoms with E-state index >= 15 is 0 Å². The molecule has 0 amide bonds. The maximum absolute atomic E-state index is 10.3. The molecule has 0 N–H and O–H groups in total. The standard InChI is InChI=1S/C7H17O3PSi/c1-4-9-12(3,10-5-2)7-6-11-8/h4-7H2,1-3H3.